The van der Waals surface area contributed by atoms with Crippen LogP contribution in [0.25, 0.3) is 0 Å². The second-order valence-electron chi connectivity index (χ2n) is 11.7. The zero-order valence-corrected chi connectivity index (χ0v) is 26.3. The summed E-state index contributed by atoms with van der Waals surface area (Å²) < 4.78 is 22.6. The summed E-state index contributed by atoms with van der Waals surface area (Å²) in [5.41, 5.74) is 14.3. The van der Waals surface area contributed by atoms with Crippen LogP contribution in [0.2, 0.25) is 0 Å². The molecule has 0 unspecified atom stereocenters. The van der Waals surface area contributed by atoms with E-state index < -0.39 is 18.1 Å². The lowest BCUT2D eigenvalue weighted by Gasteiger charge is -2.24. The molecule has 4 atom stereocenters. The maximum absolute atomic E-state index is 13.3. The van der Waals surface area contributed by atoms with Gasteiger partial charge in [0.1, 0.15) is 11.9 Å². The molecule has 2 heterocycles. The van der Waals surface area contributed by atoms with Crippen molar-refractivity contribution in [1.82, 2.24) is 9.80 Å². The van der Waals surface area contributed by atoms with Gasteiger partial charge in [-0.05, 0) is 37.0 Å². The SMILES string of the molecule is COc1cc(C(=O)N2C[C@H](C)C[C@H]2CO)c(N)cc1OCCCOc1cc(N)c(C(=O)N2C[C@H](OC(C)=O)C[C@H]2CO)cc1C. The molecule has 4 rings (SSSR count). The summed E-state index contributed by atoms with van der Waals surface area (Å²) in [6, 6.07) is 5.66. The predicted molar refractivity (Wildman–Crippen MR) is 166 cm³/mol. The van der Waals surface area contributed by atoms with E-state index >= 15 is 0 Å². The van der Waals surface area contributed by atoms with Crippen molar-refractivity contribution in [3.63, 3.8) is 0 Å². The second kappa shape index (κ2) is 14.7. The molecule has 0 saturated carbocycles. The molecule has 2 fully saturated rings. The summed E-state index contributed by atoms with van der Waals surface area (Å²) in [4.78, 5) is 41.0. The molecule has 2 aromatic carbocycles. The largest absolute Gasteiger partial charge is 0.493 e. The highest BCUT2D eigenvalue weighted by atomic mass is 16.5. The molecule has 0 spiro atoms. The first-order valence-corrected chi connectivity index (χ1v) is 15.1. The number of esters is 1. The number of carbonyl (C=O) groups is 3. The zero-order valence-electron chi connectivity index (χ0n) is 26.3. The van der Waals surface area contributed by atoms with E-state index in [2.05, 4.69) is 0 Å². The molecule has 0 aromatic heterocycles. The Morgan fingerprint density at radius 2 is 1.40 bits per heavy atom. The fourth-order valence-electron chi connectivity index (χ4n) is 6.00. The van der Waals surface area contributed by atoms with Gasteiger partial charge < -0.3 is 50.4 Å². The number of likely N-dealkylation sites (tertiary alicyclic amines) is 2. The highest BCUT2D eigenvalue weighted by Crippen LogP contribution is 2.35. The van der Waals surface area contributed by atoms with Crippen molar-refractivity contribution in [3.8, 4) is 17.2 Å². The number of nitrogens with zero attached hydrogens (tertiary/aromatic N) is 2. The van der Waals surface area contributed by atoms with E-state index in [9.17, 15) is 24.6 Å². The fourth-order valence-corrected chi connectivity index (χ4v) is 6.00. The van der Waals surface area contributed by atoms with Crippen LogP contribution >= 0.6 is 0 Å². The maximum atomic E-state index is 13.3. The van der Waals surface area contributed by atoms with Crippen LogP contribution < -0.4 is 25.7 Å². The van der Waals surface area contributed by atoms with Crippen molar-refractivity contribution in [2.75, 3.05) is 58.1 Å². The van der Waals surface area contributed by atoms with Gasteiger partial charge in [0.2, 0.25) is 0 Å². The molecule has 246 valence electrons. The highest BCUT2D eigenvalue weighted by Gasteiger charge is 2.38. The van der Waals surface area contributed by atoms with Gasteiger partial charge in [-0.2, -0.15) is 0 Å². The van der Waals surface area contributed by atoms with E-state index in [1.165, 1.54) is 18.9 Å². The van der Waals surface area contributed by atoms with E-state index in [0.717, 1.165) is 6.42 Å². The number of aliphatic hydroxyl groups is 2. The van der Waals surface area contributed by atoms with Crippen LogP contribution in [0.4, 0.5) is 11.4 Å². The van der Waals surface area contributed by atoms with Crippen molar-refractivity contribution in [2.45, 2.75) is 58.2 Å². The average molecular weight is 629 g/mol. The second-order valence-corrected chi connectivity index (χ2v) is 11.7. The lowest BCUT2D eigenvalue weighted by Crippen LogP contribution is -2.38. The Labute approximate surface area is 263 Å². The number of aliphatic hydroxyl groups excluding tert-OH is 2. The van der Waals surface area contributed by atoms with E-state index in [0.29, 0.717) is 54.4 Å². The summed E-state index contributed by atoms with van der Waals surface area (Å²) in [5, 5.41) is 19.5. The topological polar surface area (TPSA) is 187 Å². The van der Waals surface area contributed by atoms with Crippen LogP contribution in [0, 0.1) is 12.8 Å². The van der Waals surface area contributed by atoms with Gasteiger partial charge in [-0.3, -0.25) is 14.4 Å². The molecule has 0 aliphatic carbocycles. The van der Waals surface area contributed by atoms with Crippen LogP contribution in [0.1, 0.15) is 59.4 Å². The molecule has 45 heavy (non-hydrogen) atoms. The molecule has 6 N–H and O–H groups in total. The molecule has 13 nitrogen and oxygen atoms in total. The molecule has 0 bridgehead atoms. The number of anilines is 2. The van der Waals surface area contributed by atoms with Gasteiger partial charge in [0.15, 0.2) is 11.5 Å². The van der Waals surface area contributed by atoms with E-state index in [1.807, 2.05) is 6.92 Å². The minimum absolute atomic E-state index is 0.103. The number of ether oxygens (including phenoxy) is 4. The van der Waals surface area contributed by atoms with Crippen LogP contribution in [-0.2, 0) is 9.53 Å². The van der Waals surface area contributed by atoms with E-state index in [4.69, 9.17) is 30.4 Å². The third-order valence-electron chi connectivity index (χ3n) is 8.22. The number of aryl methyl sites for hydroxylation is 1. The lowest BCUT2D eigenvalue weighted by atomic mass is 10.1. The first-order valence-electron chi connectivity index (χ1n) is 15.1. The van der Waals surface area contributed by atoms with Crippen LogP contribution in [-0.4, -0.2) is 103 Å². The summed E-state index contributed by atoms with van der Waals surface area (Å²) in [6.07, 6.45) is 1.11. The molecule has 0 radical (unpaired) electrons. The average Bonchev–Trinajstić information content (AvgIpc) is 3.59. The number of nitrogen functional groups attached to an aromatic ring is 2. The van der Waals surface area contributed by atoms with Crippen LogP contribution in [0.15, 0.2) is 24.3 Å². The molecule has 2 saturated heterocycles. The Hall–Kier alpha value is -4.23. The Balaban J connectivity index is 1.33. The van der Waals surface area contributed by atoms with Gasteiger partial charge in [0, 0.05) is 49.8 Å². The van der Waals surface area contributed by atoms with Gasteiger partial charge in [0.05, 0.1) is 63.3 Å². The van der Waals surface area contributed by atoms with Crippen molar-refractivity contribution >= 4 is 29.2 Å². The Morgan fingerprint density at radius 3 is 2.00 bits per heavy atom. The molecule has 2 amide bonds. The summed E-state index contributed by atoms with van der Waals surface area (Å²) >= 11 is 0. The number of amides is 2. The monoisotopic (exact) mass is 628 g/mol. The third-order valence-corrected chi connectivity index (χ3v) is 8.22. The Kier molecular flexibility index (Phi) is 11.0. The maximum Gasteiger partial charge on any atom is 0.302 e. The van der Waals surface area contributed by atoms with Crippen molar-refractivity contribution in [3.05, 3.63) is 41.0 Å². The Morgan fingerprint density at radius 1 is 0.844 bits per heavy atom. The molecular weight excluding hydrogens is 584 g/mol. The number of hydrogen-bond acceptors (Lipinski definition) is 11. The number of carbonyl (C=O) groups excluding carboxylic acids is 3. The molecular formula is C32H44N4O9. The standard InChI is InChI=1S/C32H44N4O9/c1-18-8-21(16-37)35(14-18)32(41)25-11-29(42-4)30(13-27(25)34)44-7-5-6-43-28-12-26(33)24(9-19(28)2)31(40)36-15-23(45-20(3)39)10-22(36)17-38/h9,11-13,18,21-23,37-38H,5-8,10,14-17,33-34H2,1-4H3/t18-,21+,22+,23-/m1/s1. The Bertz CT molecular complexity index is 1400. The number of hydrogen-bond donors (Lipinski definition) is 4. The van der Waals surface area contributed by atoms with Gasteiger partial charge in [-0.25, -0.2) is 0 Å². The highest BCUT2D eigenvalue weighted by molar-refractivity contribution is 6.01. The van der Waals surface area contributed by atoms with Gasteiger partial charge in [0.25, 0.3) is 11.8 Å². The molecule has 2 aromatic rings. The minimum Gasteiger partial charge on any atom is -0.493 e. The van der Waals surface area contributed by atoms with Gasteiger partial charge in [-0.15, -0.1) is 0 Å². The normalized spacial score (nSPS) is 21.1. The van der Waals surface area contributed by atoms with Gasteiger partial charge >= 0.3 is 5.97 Å². The molecule has 2 aliphatic rings. The summed E-state index contributed by atoms with van der Waals surface area (Å²) in [6.45, 7) is 6.09. The number of rotatable bonds is 12. The first kappa shape index (κ1) is 33.7. The first-order chi connectivity index (χ1) is 21.5. The zero-order chi connectivity index (χ0) is 32.8. The number of benzene rings is 2. The van der Waals surface area contributed by atoms with E-state index in [1.54, 1.807) is 36.1 Å². The van der Waals surface area contributed by atoms with E-state index in [-0.39, 0.29) is 67.1 Å². The predicted octanol–water partition coefficient (Wildman–Crippen LogP) is 2.00. The lowest BCUT2D eigenvalue weighted by molar-refractivity contribution is -0.145. The van der Waals surface area contributed by atoms with Crippen molar-refractivity contribution in [2.24, 2.45) is 5.92 Å². The molecule has 2 aliphatic heterocycles. The van der Waals surface area contributed by atoms with Gasteiger partial charge in [-0.1, -0.05) is 6.92 Å². The summed E-state index contributed by atoms with van der Waals surface area (Å²) in [7, 11) is 1.48. The third kappa shape index (κ3) is 7.71. The summed E-state index contributed by atoms with van der Waals surface area (Å²) in [5.74, 6) is 0.519. The quantitative estimate of drug-likeness (QED) is 0.153. The number of nitrogens with two attached hydrogens (primary N) is 2. The van der Waals surface area contributed by atoms with Crippen molar-refractivity contribution < 1.29 is 43.5 Å². The molecule has 13 heteroatoms. The van der Waals surface area contributed by atoms with Crippen LogP contribution in [0.3, 0.4) is 0 Å². The smallest absolute Gasteiger partial charge is 0.302 e. The van der Waals surface area contributed by atoms with Crippen molar-refractivity contribution in [1.29, 1.82) is 0 Å². The number of methoxy groups -OCH3 is 1. The fraction of sp³-hybridized carbons (Fsp3) is 0.531. The minimum atomic E-state index is -0.480. The van der Waals surface area contributed by atoms with Crippen LogP contribution in [0.5, 0.6) is 17.2 Å².